The predicted molar refractivity (Wildman–Crippen MR) is 85.4 cm³/mol. The van der Waals surface area contributed by atoms with Crippen LogP contribution in [0.25, 0.3) is 0 Å². The van der Waals surface area contributed by atoms with Gasteiger partial charge in [-0.1, -0.05) is 12.1 Å². The highest BCUT2D eigenvalue weighted by Crippen LogP contribution is 2.19. The molecule has 21 heavy (non-hydrogen) atoms. The SMILES string of the molecule is CCOc1ccc(OCC(=O)Nc2ccccc2S)cc1. The van der Waals surface area contributed by atoms with Gasteiger partial charge in [-0.25, -0.2) is 0 Å². The van der Waals surface area contributed by atoms with E-state index in [1.165, 1.54) is 0 Å². The number of nitrogens with one attached hydrogen (secondary N) is 1. The Labute approximate surface area is 129 Å². The van der Waals surface area contributed by atoms with Gasteiger partial charge in [0.15, 0.2) is 6.61 Å². The van der Waals surface area contributed by atoms with Crippen molar-refractivity contribution in [3.05, 3.63) is 48.5 Å². The summed E-state index contributed by atoms with van der Waals surface area (Å²) in [5.74, 6) is 1.16. The van der Waals surface area contributed by atoms with Crippen molar-refractivity contribution < 1.29 is 14.3 Å². The Kier molecular flexibility index (Phi) is 5.51. The van der Waals surface area contributed by atoms with E-state index >= 15 is 0 Å². The Morgan fingerprint density at radius 1 is 1.05 bits per heavy atom. The molecular formula is C16H17NO3S. The van der Waals surface area contributed by atoms with Crippen LogP contribution in [0.15, 0.2) is 53.4 Å². The number of benzene rings is 2. The van der Waals surface area contributed by atoms with Crippen LogP contribution < -0.4 is 14.8 Å². The Balaban J connectivity index is 1.85. The molecule has 1 N–H and O–H groups in total. The first kappa shape index (κ1) is 15.3. The molecule has 5 heteroatoms. The van der Waals surface area contributed by atoms with Crippen LogP contribution in [0.4, 0.5) is 5.69 Å². The van der Waals surface area contributed by atoms with Crippen molar-refractivity contribution in [2.75, 3.05) is 18.5 Å². The second-order valence-electron chi connectivity index (χ2n) is 4.26. The Hall–Kier alpha value is -2.14. The van der Waals surface area contributed by atoms with Gasteiger partial charge in [0.1, 0.15) is 11.5 Å². The van der Waals surface area contributed by atoms with E-state index in [9.17, 15) is 4.79 Å². The first-order valence-corrected chi connectivity index (χ1v) is 7.07. The average molecular weight is 303 g/mol. The number of amides is 1. The smallest absolute Gasteiger partial charge is 0.262 e. The van der Waals surface area contributed by atoms with Gasteiger partial charge in [-0.3, -0.25) is 4.79 Å². The van der Waals surface area contributed by atoms with Crippen molar-refractivity contribution in [3.8, 4) is 11.5 Å². The van der Waals surface area contributed by atoms with Crippen molar-refractivity contribution in [1.29, 1.82) is 0 Å². The van der Waals surface area contributed by atoms with Crippen molar-refractivity contribution in [2.45, 2.75) is 11.8 Å². The third kappa shape index (κ3) is 4.72. The number of ether oxygens (including phenoxy) is 2. The molecule has 0 heterocycles. The van der Waals surface area contributed by atoms with Crippen LogP contribution in [0.1, 0.15) is 6.92 Å². The van der Waals surface area contributed by atoms with Crippen LogP contribution in [0.2, 0.25) is 0 Å². The number of anilines is 1. The molecule has 2 aromatic rings. The number of thiol groups is 1. The number of rotatable bonds is 6. The molecule has 2 rings (SSSR count). The van der Waals surface area contributed by atoms with Crippen LogP contribution >= 0.6 is 12.6 Å². The Morgan fingerprint density at radius 2 is 1.67 bits per heavy atom. The third-order valence-electron chi connectivity index (χ3n) is 2.68. The maximum absolute atomic E-state index is 11.8. The summed E-state index contributed by atoms with van der Waals surface area (Å²) in [6.45, 7) is 2.48. The lowest BCUT2D eigenvalue weighted by Gasteiger charge is -2.09. The lowest BCUT2D eigenvalue weighted by molar-refractivity contribution is -0.118. The van der Waals surface area contributed by atoms with Crippen LogP contribution in [0.5, 0.6) is 11.5 Å². The number of carbonyl (C=O) groups is 1. The minimum Gasteiger partial charge on any atom is -0.494 e. The zero-order chi connectivity index (χ0) is 15.1. The summed E-state index contributed by atoms with van der Waals surface area (Å²) < 4.78 is 10.8. The molecule has 110 valence electrons. The van der Waals surface area contributed by atoms with Crippen LogP contribution in [-0.4, -0.2) is 19.1 Å². The third-order valence-corrected chi connectivity index (χ3v) is 3.07. The van der Waals surface area contributed by atoms with E-state index in [2.05, 4.69) is 17.9 Å². The van der Waals surface area contributed by atoms with E-state index in [1.54, 1.807) is 30.3 Å². The van der Waals surface area contributed by atoms with Gasteiger partial charge in [0.05, 0.1) is 12.3 Å². The highest BCUT2D eigenvalue weighted by molar-refractivity contribution is 7.80. The van der Waals surface area contributed by atoms with Crippen molar-refractivity contribution in [2.24, 2.45) is 0 Å². The summed E-state index contributed by atoms with van der Waals surface area (Å²) in [5.41, 5.74) is 0.668. The molecule has 0 aliphatic carbocycles. The highest BCUT2D eigenvalue weighted by atomic mass is 32.1. The monoisotopic (exact) mass is 303 g/mol. The lowest BCUT2D eigenvalue weighted by Crippen LogP contribution is -2.20. The molecule has 0 aliphatic rings. The molecule has 0 spiro atoms. The minimum atomic E-state index is -0.231. The van der Waals surface area contributed by atoms with E-state index in [0.29, 0.717) is 22.9 Å². The zero-order valence-corrected chi connectivity index (χ0v) is 12.6. The fourth-order valence-corrected chi connectivity index (χ4v) is 1.93. The molecule has 2 aromatic carbocycles. The van der Waals surface area contributed by atoms with Gasteiger partial charge >= 0.3 is 0 Å². The van der Waals surface area contributed by atoms with E-state index < -0.39 is 0 Å². The van der Waals surface area contributed by atoms with E-state index in [0.717, 1.165) is 5.75 Å². The van der Waals surface area contributed by atoms with Gasteiger partial charge in [-0.2, -0.15) is 0 Å². The molecule has 0 radical (unpaired) electrons. The summed E-state index contributed by atoms with van der Waals surface area (Å²) in [4.78, 5) is 12.5. The number of hydrogen-bond donors (Lipinski definition) is 2. The molecule has 1 amide bonds. The van der Waals surface area contributed by atoms with Crippen molar-refractivity contribution in [1.82, 2.24) is 0 Å². The number of hydrogen-bond acceptors (Lipinski definition) is 4. The van der Waals surface area contributed by atoms with Crippen LogP contribution in [0, 0.1) is 0 Å². The second kappa shape index (κ2) is 7.59. The molecule has 0 saturated heterocycles. The average Bonchev–Trinajstić information content (AvgIpc) is 2.49. The topological polar surface area (TPSA) is 47.6 Å². The summed E-state index contributed by atoms with van der Waals surface area (Å²) in [6, 6.07) is 14.4. The normalized spacial score (nSPS) is 10.0. The zero-order valence-electron chi connectivity index (χ0n) is 11.7. The maximum atomic E-state index is 11.8. The fraction of sp³-hybridized carbons (Fsp3) is 0.188. The standard InChI is InChI=1S/C16H17NO3S/c1-2-19-12-7-9-13(10-8-12)20-11-16(18)17-14-5-3-4-6-15(14)21/h3-10,21H,2,11H2,1H3,(H,17,18). The molecule has 4 nitrogen and oxygen atoms in total. The predicted octanol–water partition coefficient (Wildman–Crippen LogP) is 3.39. The quantitative estimate of drug-likeness (QED) is 0.804. The van der Waals surface area contributed by atoms with Crippen LogP contribution in [0.3, 0.4) is 0 Å². The van der Waals surface area contributed by atoms with Gasteiger partial charge in [0.2, 0.25) is 0 Å². The van der Waals surface area contributed by atoms with Gasteiger partial charge in [-0.15, -0.1) is 12.6 Å². The maximum Gasteiger partial charge on any atom is 0.262 e. The molecule has 0 saturated carbocycles. The number of carbonyl (C=O) groups excluding carboxylic acids is 1. The summed E-state index contributed by atoms with van der Waals surface area (Å²) >= 11 is 4.27. The summed E-state index contributed by atoms with van der Waals surface area (Å²) in [5, 5.41) is 2.75. The molecule has 0 atom stereocenters. The second-order valence-corrected chi connectivity index (χ2v) is 4.74. The van der Waals surface area contributed by atoms with Crippen molar-refractivity contribution >= 4 is 24.2 Å². The van der Waals surface area contributed by atoms with Gasteiger partial charge in [0, 0.05) is 4.90 Å². The molecule has 0 bridgehead atoms. The van der Waals surface area contributed by atoms with E-state index in [1.807, 2.05) is 25.1 Å². The molecular weight excluding hydrogens is 286 g/mol. The first-order valence-electron chi connectivity index (χ1n) is 6.62. The molecule has 0 aliphatic heterocycles. The molecule has 0 unspecified atom stereocenters. The van der Waals surface area contributed by atoms with Crippen molar-refractivity contribution in [3.63, 3.8) is 0 Å². The molecule has 0 aromatic heterocycles. The number of para-hydroxylation sites is 1. The van der Waals surface area contributed by atoms with E-state index in [-0.39, 0.29) is 12.5 Å². The van der Waals surface area contributed by atoms with Crippen LogP contribution in [-0.2, 0) is 4.79 Å². The van der Waals surface area contributed by atoms with E-state index in [4.69, 9.17) is 9.47 Å². The first-order chi connectivity index (χ1) is 10.2. The van der Waals surface area contributed by atoms with Gasteiger partial charge in [0.25, 0.3) is 5.91 Å². The van der Waals surface area contributed by atoms with Gasteiger partial charge in [-0.05, 0) is 43.3 Å². The summed E-state index contributed by atoms with van der Waals surface area (Å²) in [7, 11) is 0. The largest absolute Gasteiger partial charge is 0.494 e. The van der Waals surface area contributed by atoms with Gasteiger partial charge < -0.3 is 14.8 Å². The lowest BCUT2D eigenvalue weighted by atomic mass is 10.3. The summed E-state index contributed by atoms with van der Waals surface area (Å²) in [6.07, 6.45) is 0. The molecule has 0 fully saturated rings. The Bertz CT molecular complexity index is 599. The fourth-order valence-electron chi connectivity index (χ4n) is 1.71. The highest BCUT2D eigenvalue weighted by Gasteiger charge is 2.05. The minimum absolute atomic E-state index is 0.0594. The Morgan fingerprint density at radius 3 is 2.29 bits per heavy atom.